The molecule has 1 N–H and O–H groups in total. The molecular weight excluding hydrogens is 377 g/mol. The summed E-state index contributed by atoms with van der Waals surface area (Å²) in [5, 5.41) is 3.28. The number of halogens is 2. The minimum atomic E-state index is -0.514. The van der Waals surface area contributed by atoms with Gasteiger partial charge in [-0.2, -0.15) is 0 Å². The molecule has 2 aromatic carbocycles. The highest BCUT2D eigenvalue weighted by atomic mass is 35.5. The van der Waals surface area contributed by atoms with Crippen LogP contribution in [0.4, 0.5) is 5.69 Å². The van der Waals surface area contributed by atoms with Gasteiger partial charge in [-0.05, 0) is 49.2 Å². The largest absolute Gasteiger partial charge is 0.493 e. The molecule has 0 atom stereocenters. The quantitative estimate of drug-likeness (QED) is 0.697. The average Bonchev–Trinajstić information content (AvgIpc) is 2.59. The number of hydrogen-bond acceptors (Lipinski definition) is 4. The number of amides is 1. The van der Waals surface area contributed by atoms with Crippen LogP contribution in [0.25, 0.3) is 0 Å². The molecule has 0 saturated heterocycles. The van der Waals surface area contributed by atoms with Crippen LogP contribution in [0, 0.1) is 13.8 Å². The standard InChI is InChI=1S/C19H19Cl2NO4/c1-12-3-4-13(2)17(9-12)25-8-7-19(24)26-11-18(23)22-14-5-6-15(20)16(21)10-14/h3-6,9-10H,7-8,11H2,1-2H3,(H,22,23). The first-order chi connectivity index (χ1) is 12.3. The summed E-state index contributed by atoms with van der Waals surface area (Å²) in [5.41, 5.74) is 2.54. The van der Waals surface area contributed by atoms with Gasteiger partial charge in [0.2, 0.25) is 0 Å². The van der Waals surface area contributed by atoms with Crippen LogP contribution in [0.3, 0.4) is 0 Å². The molecule has 0 aliphatic carbocycles. The zero-order valence-corrected chi connectivity index (χ0v) is 16.0. The van der Waals surface area contributed by atoms with Crippen molar-refractivity contribution in [1.29, 1.82) is 0 Å². The first-order valence-corrected chi connectivity index (χ1v) is 8.71. The highest BCUT2D eigenvalue weighted by molar-refractivity contribution is 6.42. The summed E-state index contributed by atoms with van der Waals surface area (Å²) in [7, 11) is 0. The van der Waals surface area contributed by atoms with Gasteiger partial charge in [0.1, 0.15) is 5.75 Å². The fourth-order valence-electron chi connectivity index (χ4n) is 2.10. The molecule has 0 heterocycles. The topological polar surface area (TPSA) is 64.6 Å². The van der Waals surface area contributed by atoms with Gasteiger partial charge in [0.15, 0.2) is 6.61 Å². The predicted molar refractivity (Wildman–Crippen MR) is 102 cm³/mol. The molecule has 2 aromatic rings. The van der Waals surface area contributed by atoms with Gasteiger partial charge in [0, 0.05) is 5.69 Å². The third-order valence-electron chi connectivity index (χ3n) is 3.48. The molecular formula is C19H19Cl2NO4. The van der Waals surface area contributed by atoms with Gasteiger partial charge in [-0.15, -0.1) is 0 Å². The molecule has 26 heavy (non-hydrogen) atoms. The van der Waals surface area contributed by atoms with Crippen molar-refractivity contribution in [2.45, 2.75) is 20.3 Å². The molecule has 0 spiro atoms. The van der Waals surface area contributed by atoms with E-state index >= 15 is 0 Å². The van der Waals surface area contributed by atoms with Crippen molar-refractivity contribution in [2.24, 2.45) is 0 Å². The van der Waals surface area contributed by atoms with Crippen molar-refractivity contribution >= 4 is 40.8 Å². The number of ether oxygens (including phenoxy) is 2. The van der Waals surface area contributed by atoms with Crippen molar-refractivity contribution in [3.05, 3.63) is 57.6 Å². The number of anilines is 1. The van der Waals surface area contributed by atoms with E-state index in [2.05, 4.69) is 5.32 Å². The van der Waals surface area contributed by atoms with Crippen molar-refractivity contribution in [1.82, 2.24) is 0 Å². The summed E-state index contributed by atoms with van der Waals surface area (Å²) >= 11 is 11.7. The molecule has 0 saturated carbocycles. The van der Waals surface area contributed by atoms with Crippen LogP contribution in [0.1, 0.15) is 17.5 Å². The maximum atomic E-state index is 11.8. The lowest BCUT2D eigenvalue weighted by Crippen LogP contribution is -2.21. The third kappa shape index (κ3) is 6.24. The lowest BCUT2D eigenvalue weighted by Gasteiger charge is -2.10. The molecule has 0 radical (unpaired) electrons. The molecule has 0 aliphatic heterocycles. The molecule has 0 fully saturated rings. The van der Waals surface area contributed by atoms with Crippen molar-refractivity contribution in [3.63, 3.8) is 0 Å². The zero-order chi connectivity index (χ0) is 19.1. The first-order valence-electron chi connectivity index (χ1n) is 7.95. The van der Waals surface area contributed by atoms with Crippen LogP contribution >= 0.6 is 23.2 Å². The number of carbonyl (C=O) groups excluding carboxylic acids is 2. The second-order valence-electron chi connectivity index (χ2n) is 5.71. The van der Waals surface area contributed by atoms with Crippen molar-refractivity contribution in [2.75, 3.05) is 18.5 Å². The first kappa shape index (κ1) is 20.1. The molecule has 0 aromatic heterocycles. The second-order valence-corrected chi connectivity index (χ2v) is 6.52. The van der Waals surface area contributed by atoms with E-state index < -0.39 is 11.9 Å². The fourth-order valence-corrected chi connectivity index (χ4v) is 2.39. The summed E-state index contributed by atoms with van der Waals surface area (Å²) in [6.45, 7) is 3.69. The minimum Gasteiger partial charge on any atom is -0.493 e. The number of rotatable bonds is 7. The monoisotopic (exact) mass is 395 g/mol. The number of carbonyl (C=O) groups is 2. The Balaban J connectivity index is 1.71. The summed E-state index contributed by atoms with van der Waals surface area (Å²) < 4.78 is 10.5. The predicted octanol–water partition coefficient (Wildman–Crippen LogP) is 4.56. The molecule has 2 rings (SSSR count). The number of hydrogen-bond donors (Lipinski definition) is 1. The minimum absolute atomic E-state index is 0.0490. The maximum Gasteiger partial charge on any atom is 0.309 e. The van der Waals surface area contributed by atoms with Gasteiger partial charge in [0.05, 0.1) is 23.1 Å². The van der Waals surface area contributed by atoms with E-state index in [4.69, 9.17) is 32.7 Å². The van der Waals surface area contributed by atoms with Gasteiger partial charge in [-0.25, -0.2) is 0 Å². The Kier molecular flexibility index (Phi) is 7.30. The molecule has 0 bridgehead atoms. The Bertz CT molecular complexity index is 808. The summed E-state index contributed by atoms with van der Waals surface area (Å²) in [6.07, 6.45) is 0.0490. The SMILES string of the molecule is Cc1ccc(C)c(OCCC(=O)OCC(=O)Nc2ccc(Cl)c(Cl)c2)c1. The van der Waals surface area contributed by atoms with E-state index in [9.17, 15) is 9.59 Å². The van der Waals surface area contributed by atoms with Gasteiger partial charge < -0.3 is 14.8 Å². The normalized spacial score (nSPS) is 10.3. The average molecular weight is 396 g/mol. The van der Waals surface area contributed by atoms with Gasteiger partial charge in [-0.1, -0.05) is 35.3 Å². The molecule has 0 aliphatic rings. The van der Waals surface area contributed by atoms with E-state index in [1.54, 1.807) is 12.1 Å². The number of aryl methyl sites for hydroxylation is 2. The summed E-state index contributed by atoms with van der Waals surface area (Å²) in [4.78, 5) is 23.5. The van der Waals surface area contributed by atoms with Crippen LogP contribution < -0.4 is 10.1 Å². The third-order valence-corrected chi connectivity index (χ3v) is 4.21. The van der Waals surface area contributed by atoms with E-state index in [-0.39, 0.29) is 19.6 Å². The Morgan fingerprint density at radius 3 is 2.54 bits per heavy atom. The van der Waals surface area contributed by atoms with Crippen LogP contribution in [0.2, 0.25) is 10.0 Å². The number of nitrogens with one attached hydrogen (secondary N) is 1. The van der Waals surface area contributed by atoms with Crippen LogP contribution in [0.5, 0.6) is 5.75 Å². The Hall–Kier alpha value is -2.24. The highest BCUT2D eigenvalue weighted by Crippen LogP contribution is 2.25. The highest BCUT2D eigenvalue weighted by Gasteiger charge is 2.10. The van der Waals surface area contributed by atoms with Crippen molar-refractivity contribution < 1.29 is 19.1 Å². The van der Waals surface area contributed by atoms with Gasteiger partial charge >= 0.3 is 5.97 Å². The van der Waals surface area contributed by atoms with E-state index in [0.29, 0.717) is 15.7 Å². The van der Waals surface area contributed by atoms with E-state index in [0.717, 1.165) is 16.9 Å². The smallest absolute Gasteiger partial charge is 0.309 e. The molecule has 1 amide bonds. The van der Waals surface area contributed by atoms with Crippen LogP contribution in [0.15, 0.2) is 36.4 Å². The molecule has 5 nitrogen and oxygen atoms in total. The van der Waals surface area contributed by atoms with Gasteiger partial charge in [-0.3, -0.25) is 9.59 Å². The number of esters is 1. The fraction of sp³-hybridized carbons (Fsp3) is 0.263. The van der Waals surface area contributed by atoms with E-state index in [1.165, 1.54) is 6.07 Å². The Morgan fingerprint density at radius 2 is 1.81 bits per heavy atom. The maximum absolute atomic E-state index is 11.8. The second kappa shape index (κ2) is 9.46. The van der Waals surface area contributed by atoms with Crippen LogP contribution in [-0.4, -0.2) is 25.1 Å². The van der Waals surface area contributed by atoms with Crippen molar-refractivity contribution in [3.8, 4) is 5.75 Å². The molecule has 138 valence electrons. The Morgan fingerprint density at radius 1 is 1.04 bits per heavy atom. The lowest BCUT2D eigenvalue weighted by molar-refractivity contribution is -0.147. The molecule has 0 unspecified atom stereocenters. The summed E-state index contributed by atoms with van der Waals surface area (Å²) in [6, 6.07) is 10.5. The number of benzene rings is 2. The van der Waals surface area contributed by atoms with Crippen LogP contribution in [-0.2, 0) is 14.3 Å². The zero-order valence-electron chi connectivity index (χ0n) is 14.5. The van der Waals surface area contributed by atoms with Gasteiger partial charge in [0.25, 0.3) is 5.91 Å². The van der Waals surface area contributed by atoms with E-state index in [1.807, 2.05) is 32.0 Å². The Labute approximate surface area is 162 Å². The lowest BCUT2D eigenvalue weighted by atomic mass is 10.1. The molecule has 7 heteroatoms. The summed E-state index contributed by atoms with van der Waals surface area (Å²) in [5.74, 6) is -0.248.